The van der Waals surface area contributed by atoms with Crippen LogP contribution in [0.15, 0.2) is 6.07 Å². The minimum absolute atomic E-state index is 0.146. The SMILES string of the molecule is Cc1nc(OC(C)C(=O)O)cc(C(F)(F)F)n1. The molecule has 1 aromatic rings. The van der Waals surface area contributed by atoms with E-state index in [1.54, 1.807) is 0 Å². The lowest BCUT2D eigenvalue weighted by Crippen LogP contribution is -2.24. The normalized spacial score (nSPS) is 13.2. The van der Waals surface area contributed by atoms with Crippen LogP contribution in [0.3, 0.4) is 0 Å². The summed E-state index contributed by atoms with van der Waals surface area (Å²) in [4.78, 5) is 17.2. The number of carbonyl (C=O) groups is 1. The molecular weight excluding hydrogens is 241 g/mol. The highest BCUT2D eigenvalue weighted by Gasteiger charge is 2.33. The number of ether oxygens (including phenoxy) is 1. The lowest BCUT2D eigenvalue weighted by Gasteiger charge is -2.12. The van der Waals surface area contributed by atoms with Crippen LogP contribution in [0.2, 0.25) is 0 Å². The molecular formula is C9H9F3N2O3. The van der Waals surface area contributed by atoms with Gasteiger partial charge in [0.2, 0.25) is 5.88 Å². The number of alkyl halides is 3. The summed E-state index contributed by atoms with van der Waals surface area (Å²) in [6.07, 6.45) is -5.91. The molecule has 1 unspecified atom stereocenters. The molecule has 0 bridgehead atoms. The molecule has 94 valence electrons. The van der Waals surface area contributed by atoms with Gasteiger partial charge >= 0.3 is 12.1 Å². The molecule has 8 heteroatoms. The Bertz CT molecular complexity index is 434. The first-order valence-corrected chi connectivity index (χ1v) is 4.52. The van der Waals surface area contributed by atoms with Crippen LogP contribution < -0.4 is 4.74 Å². The molecule has 0 aliphatic rings. The van der Waals surface area contributed by atoms with Gasteiger partial charge in [-0.25, -0.2) is 9.78 Å². The molecule has 0 aliphatic heterocycles. The zero-order valence-corrected chi connectivity index (χ0v) is 8.95. The Morgan fingerprint density at radius 3 is 2.53 bits per heavy atom. The molecule has 0 spiro atoms. The molecule has 0 aliphatic carbocycles. The molecule has 0 saturated carbocycles. The number of aromatic nitrogens is 2. The number of halogens is 3. The molecule has 17 heavy (non-hydrogen) atoms. The summed E-state index contributed by atoms with van der Waals surface area (Å²) >= 11 is 0. The van der Waals surface area contributed by atoms with Crippen molar-refractivity contribution in [3.63, 3.8) is 0 Å². The number of carboxylic acid groups (broad SMARTS) is 1. The van der Waals surface area contributed by atoms with Crippen molar-refractivity contribution in [1.29, 1.82) is 0 Å². The molecule has 0 amide bonds. The van der Waals surface area contributed by atoms with Gasteiger partial charge in [0.05, 0.1) is 0 Å². The van der Waals surface area contributed by atoms with Crippen molar-refractivity contribution in [3.8, 4) is 5.88 Å². The Hall–Kier alpha value is -1.86. The molecule has 0 fully saturated rings. The molecule has 1 aromatic heterocycles. The van der Waals surface area contributed by atoms with Crippen LogP contribution in [-0.2, 0) is 11.0 Å². The van der Waals surface area contributed by atoms with Crippen molar-refractivity contribution in [3.05, 3.63) is 17.6 Å². The molecule has 1 heterocycles. The van der Waals surface area contributed by atoms with E-state index in [4.69, 9.17) is 9.84 Å². The second-order valence-electron chi connectivity index (χ2n) is 3.23. The van der Waals surface area contributed by atoms with E-state index >= 15 is 0 Å². The largest absolute Gasteiger partial charge is 0.479 e. The number of aryl methyl sites for hydroxylation is 1. The molecule has 0 aromatic carbocycles. The van der Waals surface area contributed by atoms with Gasteiger partial charge in [-0.2, -0.15) is 18.2 Å². The molecule has 1 atom stereocenters. The van der Waals surface area contributed by atoms with Crippen LogP contribution in [0.1, 0.15) is 18.4 Å². The van der Waals surface area contributed by atoms with E-state index < -0.39 is 29.8 Å². The maximum absolute atomic E-state index is 12.4. The average molecular weight is 250 g/mol. The lowest BCUT2D eigenvalue weighted by atomic mass is 10.3. The highest BCUT2D eigenvalue weighted by molar-refractivity contribution is 5.72. The van der Waals surface area contributed by atoms with Crippen molar-refractivity contribution < 1.29 is 27.8 Å². The first-order chi connectivity index (χ1) is 7.70. The van der Waals surface area contributed by atoms with Gasteiger partial charge in [0.1, 0.15) is 5.82 Å². The third-order valence-electron chi connectivity index (χ3n) is 1.75. The smallest absolute Gasteiger partial charge is 0.433 e. The lowest BCUT2D eigenvalue weighted by molar-refractivity contribution is -0.144. The van der Waals surface area contributed by atoms with Gasteiger partial charge in [0, 0.05) is 6.07 Å². The number of nitrogens with zero attached hydrogens (tertiary/aromatic N) is 2. The van der Waals surface area contributed by atoms with Gasteiger partial charge < -0.3 is 9.84 Å². The average Bonchev–Trinajstić information content (AvgIpc) is 2.15. The van der Waals surface area contributed by atoms with Crippen LogP contribution in [0, 0.1) is 6.92 Å². The molecule has 1 N–H and O–H groups in total. The van der Waals surface area contributed by atoms with E-state index in [-0.39, 0.29) is 5.82 Å². The predicted octanol–water partition coefficient (Wildman–Crippen LogP) is 1.66. The Morgan fingerprint density at radius 1 is 1.47 bits per heavy atom. The fraction of sp³-hybridized carbons (Fsp3) is 0.444. The van der Waals surface area contributed by atoms with Crippen molar-refractivity contribution in [2.45, 2.75) is 26.1 Å². The fourth-order valence-corrected chi connectivity index (χ4v) is 0.977. The first-order valence-electron chi connectivity index (χ1n) is 4.52. The Balaban J connectivity index is 3.02. The summed E-state index contributed by atoms with van der Waals surface area (Å²) in [6, 6.07) is 0.562. The van der Waals surface area contributed by atoms with Crippen LogP contribution in [0.25, 0.3) is 0 Å². The van der Waals surface area contributed by atoms with Gasteiger partial charge in [0.25, 0.3) is 0 Å². The predicted molar refractivity (Wildman–Crippen MR) is 49.5 cm³/mol. The quantitative estimate of drug-likeness (QED) is 0.883. The zero-order valence-electron chi connectivity index (χ0n) is 8.95. The van der Waals surface area contributed by atoms with Crippen LogP contribution in [0.5, 0.6) is 5.88 Å². The highest BCUT2D eigenvalue weighted by atomic mass is 19.4. The second-order valence-corrected chi connectivity index (χ2v) is 3.23. The number of hydrogen-bond donors (Lipinski definition) is 1. The summed E-state index contributed by atoms with van der Waals surface area (Å²) in [5.41, 5.74) is -1.17. The highest BCUT2D eigenvalue weighted by Crippen LogP contribution is 2.29. The number of hydrogen-bond acceptors (Lipinski definition) is 4. The molecule has 0 radical (unpaired) electrons. The van der Waals surface area contributed by atoms with E-state index in [1.165, 1.54) is 13.8 Å². The van der Waals surface area contributed by atoms with Gasteiger partial charge in [-0.15, -0.1) is 0 Å². The van der Waals surface area contributed by atoms with Gasteiger partial charge in [-0.1, -0.05) is 0 Å². The maximum atomic E-state index is 12.4. The number of rotatable bonds is 3. The zero-order chi connectivity index (χ0) is 13.2. The third-order valence-corrected chi connectivity index (χ3v) is 1.75. The standard InChI is InChI=1S/C9H9F3N2O3/c1-4(8(15)16)17-7-3-6(9(10,11)12)13-5(2)14-7/h3-4H,1-2H3,(H,15,16). The summed E-state index contributed by atoms with van der Waals surface area (Å²) in [6.45, 7) is 2.45. The molecule has 5 nitrogen and oxygen atoms in total. The summed E-state index contributed by atoms with van der Waals surface area (Å²) in [7, 11) is 0. The van der Waals surface area contributed by atoms with E-state index in [2.05, 4.69) is 9.97 Å². The Morgan fingerprint density at radius 2 is 2.06 bits per heavy atom. The Labute approximate surface area is 94.3 Å². The molecule has 0 saturated heterocycles. The maximum Gasteiger partial charge on any atom is 0.433 e. The van der Waals surface area contributed by atoms with E-state index in [0.717, 1.165) is 0 Å². The number of carboxylic acids is 1. The summed E-state index contributed by atoms with van der Waals surface area (Å²) in [5, 5.41) is 8.55. The van der Waals surface area contributed by atoms with Crippen LogP contribution in [0.4, 0.5) is 13.2 Å². The van der Waals surface area contributed by atoms with Crippen LogP contribution in [-0.4, -0.2) is 27.1 Å². The van der Waals surface area contributed by atoms with Crippen LogP contribution >= 0.6 is 0 Å². The third kappa shape index (κ3) is 3.58. The van der Waals surface area contributed by atoms with E-state index in [9.17, 15) is 18.0 Å². The van der Waals surface area contributed by atoms with Crippen molar-refractivity contribution in [1.82, 2.24) is 9.97 Å². The van der Waals surface area contributed by atoms with E-state index in [1.807, 2.05) is 0 Å². The molecule has 1 rings (SSSR count). The van der Waals surface area contributed by atoms with Crippen molar-refractivity contribution in [2.75, 3.05) is 0 Å². The summed E-state index contributed by atoms with van der Waals surface area (Å²) < 4.78 is 41.9. The van der Waals surface area contributed by atoms with Crippen molar-refractivity contribution >= 4 is 5.97 Å². The van der Waals surface area contributed by atoms with Gasteiger partial charge in [-0.3, -0.25) is 0 Å². The van der Waals surface area contributed by atoms with Gasteiger partial charge in [0.15, 0.2) is 11.8 Å². The first kappa shape index (κ1) is 13.2. The fourth-order valence-electron chi connectivity index (χ4n) is 0.977. The number of aliphatic carboxylic acids is 1. The minimum atomic E-state index is -4.63. The van der Waals surface area contributed by atoms with Crippen molar-refractivity contribution in [2.24, 2.45) is 0 Å². The second kappa shape index (κ2) is 4.56. The summed E-state index contributed by atoms with van der Waals surface area (Å²) in [5.74, 6) is -1.86. The Kier molecular flexibility index (Phi) is 3.54. The topological polar surface area (TPSA) is 72.3 Å². The van der Waals surface area contributed by atoms with E-state index in [0.29, 0.717) is 6.07 Å². The monoisotopic (exact) mass is 250 g/mol. The minimum Gasteiger partial charge on any atom is -0.479 e. The van der Waals surface area contributed by atoms with Gasteiger partial charge in [-0.05, 0) is 13.8 Å².